The minimum Gasteiger partial charge on any atom is -0.351 e. The van der Waals surface area contributed by atoms with Gasteiger partial charge < -0.3 is 11.1 Å². The van der Waals surface area contributed by atoms with E-state index in [0.29, 0.717) is 18.8 Å². The number of nitrogens with zero attached hydrogens (tertiary/aromatic N) is 2. The number of hydrogen-bond donors (Lipinski definition) is 2. The highest BCUT2D eigenvalue weighted by Gasteiger charge is 2.11. The van der Waals surface area contributed by atoms with Crippen LogP contribution < -0.4 is 11.1 Å². The molecule has 0 saturated carbocycles. The van der Waals surface area contributed by atoms with Crippen LogP contribution in [0.15, 0.2) is 42.9 Å². The topological polar surface area (TPSA) is 72.9 Å². The zero-order chi connectivity index (χ0) is 13.5. The van der Waals surface area contributed by atoms with Crippen molar-refractivity contribution in [3.63, 3.8) is 0 Å². The predicted molar refractivity (Wildman–Crippen MR) is 74.2 cm³/mol. The molecule has 3 N–H and O–H groups in total. The Morgan fingerprint density at radius 3 is 2.79 bits per heavy atom. The van der Waals surface area contributed by atoms with Crippen LogP contribution in [-0.4, -0.2) is 28.5 Å². The Hall–Kier alpha value is -2.14. The van der Waals surface area contributed by atoms with Crippen LogP contribution in [0, 0.1) is 0 Å². The van der Waals surface area contributed by atoms with Gasteiger partial charge in [0.25, 0.3) is 5.91 Å². The first-order chi connectivity index (χ1) is 9.33. The molecule has 0 aliphatic carbocycles. The molecule has 2 aromatic rings. The summed E-state index contributed by atoms with van der Waals surface area (Å²) in [5, 5.41) is 2.87. The number of para-hydroxylation sites is 1. The maximum Gasteiger partial charge on any atom is 0.269 e. The van der Waals surface area contributed by atoms with Crippen LogP contribution in [0.5, 0.6) is 0 Å². The molecule has 0 saturated heterocycles. The fraction of sp³-hybridized carbons (Fsp3) is 0.286. The van der Waals surface area contributed by atoms with Gasteiger partial charge in [-0.2, -0.15) is 0 Å². The van der Waals surface area contributed by atoms with Crippen LogP contribution in [0.25, 0.3) is 5.69 Å². The van der Waals surface area contributed by atoms with Gasteiger partial charge in [-0.1, -0.05) is 18.2 Å². The number of nitrogens with one attached hydrogen (secondary N) is 1. The van der Waals surface area contributed by atoms with Crippen LogP contribution in [0.4, 0.5) is 0 Å². The SMILES string of the molecule is NCCCCNC(=O)c1cncn1-c1ccccc1. The maximum absolute atomic E-state index is 12.1. The first-order valence-electron chi connectivity index (χ1n) is 6.39. The van der Waals surface area contributed by atoms with Crippen LogP contribution >= 0.6 is 0 Å². The fourth-order valence-electron chi connectivity index (χ4n) is 1.82. The van der Waals surface area contributed by atoms with Gasteiger partial charge in [0.2, 0.25) is 0 Å². The van der Waals surface area contributed by atoms with Crippen molar-refractivity contribution in [2.75, 3.05) is 13.1 Å². The molecule has 0 atom stereocenters. The van der Waals surface area contributed by atoms with Gasteiger partial charge in [-0.05, 0) is 31.5 Å². The second-order valence-electron chi connectivity index (χ2n) is 4.24. The van der Waals surface area contributed by atoms with E-state index >= 15 is 0 Å². The van der Waals surface area contributed by atoms with E-state index in [1.54, 1.807) is 17.1 Å². The second-order valence-corrected chi connectivity index (χ2v) is 4.24. The van der Waals surface area contributed by atoms with Crippen LogP contribution in [0.1, 0.15) is 23.3 Å². The molecule has 1 amide bonds. The zero-order valence-electron chi connectivity index (χ0n) is 10.7. The Balaban J connectivity index is 2.05. The maximum atomic E-state index is 12.1. The van der Waals surface area contributed by atoms with Crippen molar-refractivity contribution >= 4 is 5.91 Å². The summed E-state index contributed by atoms with van der Waals surface area (Å²) in [5.74, 6) is -0.113. The minimum atomic E-state index is -0.113. The first-order valence-corrected chi connectivity index (χ1v) is 6.39. The van der Waals surface area contributed by atoms with E-state index in [1.807, 2.05) is 30.3 Å². The number of unbranched alkanes of at least 4 members (excludes halogenated alkanes) is 1. The highest BCUT2D eigenvalue weighted by molar-refractivity contribution is 5.92. The van der Waals surface area contributed by atoms with Gasteiger partial charge in [-0.25, -0.2) is 4.98 Å². The largest absolute Gasteiger partial charge is 0.351 e. The molecule has 1 aromatic heterocycles. The molecule has 0 aliphatic heterocycles. The van der Waals surface area contributed by atoms with Gasteiger partial charge in [0.15, 0.2) is 0 Å². The van der Waals surface area contributed by atoms with Gasteiger partial charge >= 0.3 is 0 Å². The number of aromatic nitrogens is 2. The van der Waals surface area contributed by atoms with Crippen molar-refractivity contribution in [2.45, 2.75) is 12.8 Å². The Bertz CT molecular complexity index is 521. The lowest BCUT2D eigenvalue weighted by molar-refractivity contribution is 0.0946. The average Bonchev–Trinajstić information content (AvgIpc) is 2.94. The molecule has 100 valence electrons. The average molecular weight is 258 g/mol. The third-order valence-electron chi connectivity index (χ3n) is 2.82. The van der Waals surface area contributed by atoms with Crippen molar-refractivity contribution in [1.82, 2.24) is 14.9 Å². The summed E-state index contributed by atoms with van der Waals surface area (Å²) in [4.78, 5) is 16.1. The summed E-state index contributed by atoms with van der Waals surface area (Å²) >= 11 is 0. The standard InChI is InChI=1S/C14H18N4O/c15-8-4-5-9-17-14(19)13-10-16-11-18(13)12-6-2-1-3-7-12/h1-3,6-7,10-11H,4-5,8-9,15H2,(H,17,19). The quantitative estimate of drug-likeness (QED) is 0.768. The van der Waals surface area contributed by atoms with Crippen molar-refractivity contribution < 1.29 is 4.79 Å². The number of carbonyl (C=O) groups excluding carboxylic acids is 1. The van der Waals surface area contributed by atoms with E-state index in [9.17, 15) is 4.79 Å². The van der Waals surface area contributed by atoms with E-state index in [-0.39, 0.29) is 5.91 Å². The number of hydrogen-bond acceptors (Lipinski definition) is 3. The summed E-state index contributed by atoms with van der Waals surface area (Å²) in [6.07, 6.45) is 5.02. The molecule has 0 radical (unpaired) electrons. The highest BCUT2D eigenvalue weighted by Crippen LogP contribution is 2.10. The molecule has 0 spiro atoms. The van der Waals surface area contributed by atoms with Gasteiger partial charge in [-0.15, -0.1) is 0 Å². The summed E-state index contributed by atoms with van der Waals surface area (Å²) in [6.45, 7) is 1.29. The van der Waals surface area contributed by atoms with Gasteiger partial charge in [0.05, 0.1) is 12.5 Å². The molecule has 1 aromatic carbocycles. The summed E-state index contributed by atoms with van der Waals surface area (Å²) in [6, 6.07) is 9.67. The van der Waals surface area contributed by atoms with Crippen molar-refractivity contribution in [3.05, 3.63) is 48.5 Å². The van der Waals surface area contributed by atoms with Gasteiger partial charge in [-0.3, -0.25) is 9.36 Å². The molecule has 0 unspecified atom stereocenters. The normalized spacial score (nSPS) is 10.4. The molecule has 5 nitrogen and oxygen atoms in total. The van der Waals surface area contributed by atoms with Crippen molar-refractivity contribution in [2.24, 2.45) is 5.73 Å². The van der Waals surface area contributed by atoms with E-state index in [0.717, 1.165) is 18.5 Å². The Labute approximate surface area is 112 Å². The smallest absolute Gasteiger partial charge is 0.269 e. The molecule has 19 heavy (non-hydrogen) atoms. The molecule has 5 heteroatoms. The van der Waals surface area contributed by atoms with E-state index in [2.05, 4.69) is 10.3 Å². The lowest BCUT2D eigenvalue weighted by Crippen LogP contribution is -2.26. The zero-order valence-corrected chi connectivity index (χ0v) is 10.7. The Kier molecular flexibility index (Phi) is 4.69. The number of rotatable bonds is 6. The third kappa shape index (κ3) is 3.42. The lowest BCUT2D eigenvalue weighted by atomic mass is 10.3. The summed E-state index contributed by atoms with van der Waals surface area (Å²) in [7, 11) is 0. The van der Waals surface area contributed by atoms with Crippen LogP contribution in [0.2, 0.25) is 0 Å². The molecule has 1 heterocycles. The van der Waals surface area contributed by atoms with Crippen LogP contribution in [-0.2, 0) is 0 Å². The minimum absolute atomic E-state index is 0.113. The number of nitrogens with two attached hydrogens (primary N) is 1. The Morgan fingerprint density at radius 1 is 1.26 bits per heavy atom. The number of benzene rings is 1. The summed E-state index contributed by atoms with van der Waals surface area (Å²) in [5.41, 5.74) is 6.88. The fourth-order valence-corrected chi connectivity index (χ4v) is 1.82. The van der Waals surface area contributed by atoms with E-state index < -0.39 is 0 Å². The molecule has 0 aliphatic rings. The van der Waals surface area contributed by atoms with Crippen LogP contribution in [0.3, 0.4) is 0 Å². The molecule has 0 fully saturated rings. The number of imidazole rings is 1. The second kappa shape index (κ2) is 6.70. The van der Waals surface area contributed by atoms with E-state index in [4.69, 9.17) is 5.73 Å². The predicted octanol–water partition coefficient (Wildman–Crippen LogP) is 1.34. The van der Waals surface area contributed by atoms with Crippen molar-refractivity contribution in [1.29, 1.82) is 0 Å². The molecular weight excluding hydrogens is 240 g/mol. The number of amides is 1. The Morgan fingerprint density at radius 2 is 2.05 bits per heavy atom. The number of carbonyl (C=O) groups is 1. The monoisotopic (exact) mass is 258 g/mol. The molecule has 0 bridgehead atoms. The first kappa shape index (κ1) is 13.3. The van der Waals surface area contributed by atoms with Crippen molar-refractivity contribution in [3.8, 4) is 5.69 Å². The van der Waals surface area contributed by atoms with Gasteiger partial charge in [0, 0.05) is 12.2 Å². The third-order valence-corrected chi connectivity index (χ3v) is 2.82. The molecular formula is C14H18N4O. The highest BCUT2D eigenvalue weighted by atomic mass is 16.1. The van der Waals surface area contributed by atoms with Gasteiger partial charge in [0.1, 0.15) is 5.69 Å². The lowest BCUT2D eigenvalue weighted by Gasteiger charge is -2.08. The van der Waals surface area contributed by atoms with E-state index in [1.165, 1.54) is 0 Å². The summed E-state index contributed by atoms with van der Waals surface area (Å²) < 4.78 is 1.78. The molecule has 2 rings (SSSR count).